The van der Waals surface area contributed by atoms with E-state index in [1.54, 1.807) is 6.42 Å². The summed E-state index contributed by atoms with van der Waals surface area (Å²) in [5.74, 6) is 4.89. The highest BCUT2D eigenvalue weighted by Gasteiger charge is 2.48. The second-order valence-corrected chi connectivity index (χ2v) is 7.77. The molecule has 2 heteroatoms. The standard InChI is InChI=1S/C17H29NO/c1-2-12(11-18-4-1)3-5-19-17-15-7-13-6-14(9-15)10-16(17)8-13/h12-18H,1-11H2. The van der Waals surface area contributed by atoms with Crippen LogP contribution in [0.2, 0.25) is 0 Å². The maximum absolute atomic E-state index is 6.39. The lowest BCUT2D eigenvalue weighted by atomic mass is 9.55. The molecule has 0 aromatic carbocycles. The van der Waals surface area contributed by atoms with Crippen molar-refractivity contribution in [3.63, 3.8) is 0 Å². The average Bonchev–Trinajstić information content (AvgIpc) is 2.42. The second kappa shape index (κ2) is 5.37. The summed E-state index contributed by atoms with van der Waals surface area (Å²) in [5, 5.41) is 3.52. The van der Waals surface area contributed by atoms with Crippen LogP contribution in [0.4, 0.5) is 0 Å². The van der Waals surface area contributed by atoms with Gasteiger partial charge in [0, 0.05) is 6.61 Å². The van der Waals surface area contributed by atoms with Crippen molar-refractivity contribution in [1.29, 1.82) is 0 Å². The van der Waals surface area contributed by atoms with Crippen LogP contribution in [0.1, 0.15) is 51.4 Å². The first-order valence-corrected chi connectivity index (χ1v) is 8.71. The molecule has 4 saturated carbocycles. The molecule has 5 fully saturated rings. The number of rotatable bonds is 4. The highest BCUT2D eigenvalue weighted by molar-refractivity contribution is 4.99. The summed E-state index contributed by atoms with van der Waals surface area (Å²) >= 11 is 0. The third-order valence-electron chi connectivity index (χ3n) is 6.38. The first-order valence-electron chi connectivity index (χ1n) is 8.71. The van der Waals surface area contributed by atoms with Gasteiger partial charge in [0.1, 0.15) is 0 Å². The van der Waals surface area contributed by atoms with Gasteiger partial charge in [0.25, 0.3) is 0 Å². The molecule has 19 heavy (non-hydrogen) atoms. The lowest BCUT2D eigenvalue weighted by molar-refractivity contribution is -0.128. The monoisotopic (exact) mass is 263 g/mol. The number of ether oxygens (including phenoxy) is 1. The molecule has 1 atom stereocenters. The van der Waals surface area contributed by atoms with Gasteiger partial charge in [-0.15, -0.1) is 0 Å². The summed E-state index contributed by atoms with van der Waals surface area (Å²) in [5.41, 5.74) is 0. The van der Waals surface area contributed by atoms with Crippen LogP contribution in [-0.2, 0) is 4.74 Å². The van der Waals surface area contributed by atoms with Crippen molar-refractivity contribution in [3.8, 4) is 0 Å². The maximum atomic E-state index is 6.39. The molecule has 1 heterocycles. The average molecular weight is 263 g/mol. The Bertz CT molecular complexity index is 282. The molecule has 0 aromatic rings. The lowest BCUT2D eigenvalue weighted by Crippen LogP contribution is -2.49. The number of piperidine rings is 1. The smallest absolute Gasteiger partial charge is 0.0631 e. The fourth-order valence-electron chi connectivity index (χ4n) is 5.69. The van der Waals surface area contributed by atoms with E-state index in [2.05, 4.69) is 5.32 Å². The fraction of sp³-hybridized carbons (Fsp3) is 1.00. The van der Waals surface area contributed by atoms with E-state index in [0.29, 0.717) is 6.10 Å². The van der Waals surface area contributed by atoms with E-state index >= 15 is 0 Å². The van der Waals surface area contributed by atoms with Gasteiger partial charge in [-0.05, 0) is 94.0 Å². The molecule has 5 aliphatic rings. The van der Waals surface area contributed by atoms with Crippen LogP contribution in [0.15, 0.2) is 0 Å². The van der Waals surface area contributed by atoms with Crippen molar-refractivity contribution in [2.24, 2.45) is 29.6 Å². The van der Waals surface area contributed by atoms with Crippen LogP contribution in [0.5, 0.6) is 0 Å². The van der Waals surface area contributed by atoms with Crippen molar-refractivity contribution < 1.29 is 4.74 Å². The zero-order valence-corrected chi connectivity index (χ0v) is 12.2. The molecule has 5 rings (SSSR count). The molecule has 0 amide bonds. The Morgan fingerprint density at radius 2 is 1.68 bits per heavy atom. The van der Waals surface area contributed by atoms with Gasteiger partial charge in [0.2, 0.25) is 0 Å². The molecule has 4 bridgehead atoms. The maximum Gasteiger partial charge on any atom is 0.0631 e. The van der Waals surface area contributed by atoms with Gasteiger partial charge in [-0.1, -0.05) is 0 Å². The zero-order chi connectivity index (χ0) is 12.7. The normalized spacial score (nSPS) is 48.6. The van der Waals surface area contributed by atoms with Crippen molar-refractivity contribution >= 4 is 0 Å². The molecule has 0 aromatic heterocycles. The lowest BCUT2D eigenvalue weighted by Gasteiger charge is -2.54. The number of hydrogen-bond donors (Lipinski definition) is 1. The van der Waals surface area contributed by atoms with Gasteiger partial charge in [0.05, 0.1) is 6.10 Å². The third kappa shape index (κ3) is 2.58. The predicted molar refractivity (Wildman–Crippen MR) is 77.0 cm³/mol. The summed E-state index contributed by atoms with van der Waals surface area (Å²) in [6, 6.07) is 0. The van der Waals surface area contributed by atoms with E-state index in [0.717, 1.165) is 36.2 Å². The van der Waals surface area contributed by atoms with Crippen molar-refractivity contribution in [3.05, 3.63) is 0 Å². The predicted octanol–water partition coefficient (Wildman–Crippen LogP) is 3.22. The molecule has 0 radical (unpaired) electrons. The van der Waals surface area contributed by atoms with Crippen LogP contribution in [0.3, 0.4) is 0 Å². The van der Waals surface area contributed by atoms with E-state index in [1.165, 1.54) is 58.0 Å². The van der Waals surface area contributed by atoms with Gasteiger partial charge in [-0.3, -0.25) is 0 Å². The third-order valence-corrected chi connectivity index (χ3v) is 6.38. The summed E-state index contributed by atoms with van der Waals surface area (Å²) < 4.78 is 6.39. The first kappa shape index (κ1) is 12.6. The molecule has 2 nitrogen and oxygen atoms in total. The largest absolute Gasteiger partial charge is 0.378 e. The molecule has 1 N–H and O–H groups in total. The molecule has 0 spiro atoms. The molecular weight excluding hydrogens is 234 g/mol. The molecule has 1 aliphatic heterocycles. The summed E-state index contributed by atoms with van der Waals surface area (Å²) in [6.45, 7) is 3.48. The minimum atomic E-state index is 0.643. The van der Waals surface area contributed by atoms with Crippen molar-refractivity contribution in [2.45, 2.75) is 57.5 Å². The second-order valence-electron chi connectivity index (χ2n) is 7.77. The van der Waals surface area contributed by atoms with Crippen molar-refractivity contribution in [2.75, 3.05) is 19.7 Å². The van der Waals surface area contributed by atoms with Gasteiger partial charge in [-0.25, -0.2) is 0 Å². The van der Waals surface area contributed by atoms with Crippen LogP contribution in [-0.4, -0.2) is 25.8 Å². The van der Waals surface area contributed by atoms with Gasteiger partial charge < -0.3 is 10.1 Å². The molecule has 4 aliphatic carbocycles. The first-order chi connectivity index (χ1) is 9.38. The van der Waals surface area contributed by atoms with Crippen LogP contribution >= 0.6 is 0 Å². The summed E-state index contributed by atoms with van der Waals surface area (Å²) in [7, 11) is 0. The van der Waals surface area contributed by atoms with Crippen LogP contribution in [0, 0.1) is 29.6 Å². The Labute approximate surface area is 117 Å². The van der Waals surface area contributed by atoms with Gasteiger partial charge in [-0.2, -0.15) is 0 Å². The summed E-state index contributed by atoms with van der Waals surface area (Å²) in [4.78, 5) is 0. The molecule has 1 saturated heterocycles. The Morgan fingerprint density at radius 3 is 2.32 bits per heavy atom. The highest BCUT2D eigenvalue weighted by Crippen LogP contribution is 2.54. The van der Waals surface area contributed by atoms with E-state index in [9.17, 15) is 0 Å². The van der Waals surface area contributed by atoms with Gasteiger partial charge in [0.15, 0.2) is 0 Å². The van der Waals surface area contributed by atoms with E-state index in [-0.39, 0.29) is 0 Å². The van der Waals surface area contributed by atoms with Crippen LogP contribution in [0.25, 0.3) is 0 Å². The number of hydrogen-bond acceptors (Lipinski definition) is 2. The Morgan fingerprint density at radius 1 is 0.947 bits per heavy atom. The SMILES string of the molecule is C1CNCC(CCOC2C3CC4CC(C3)CC2C4)C1. The van der Waals surface area contributed by atoms with E-state index < -0.39 is 0 Å². The highest BCUT2D eigenvalue weighted by atomic mass is 16.5. The minimum absolute atomic E-state index is 0.643. The van der Waals surface area contributed by atoms with E-state index in [1.807, 2.05) is 0 Å². The molecule has 108 valence electrons. The molecular formula is C17H29NO. The van der Waals surface area contributed by atoms with Crippen molar-refractivity contribution in [1.82, 2.24) is 5.32 Å². The van der Waals surface area contributed by atoms with Gasteiger partial charge >= 0.3 is 0 Å². The fourth-order valence-corrected chi connectivity index (χ4v) is 5.69. The van der Waals surface area contributed by atoms with Crippen LogP contribution < -0.4 is 5.32 Å². The number of nitrogens with one attached hydrogen (secondary N) is 1. The Kier molecular flexibility index (Phi) is 3.57. The molecule has 1 unspecified atom stereocenters. The Balaban J connectivity index is 1.26. The Hall–Kier alpha value is -0.0800. The topological polar surface area (TPSA) is 21.3 Å². The zero-order valence-electron chi connectivity index (χ0n) is 12.2. The quantitative estimate of drug-likeness (QED) is 0.841. The van der Waals surface area contributed by atoms with E-state index in [4.69, 9.17) is 4.74 Å². The minimum Gasteiger partial charge on any atom is -0.378 e. The summed E-state index contributed by atoms with van der Waals surface area (Å²) in [6.07, 6.45) is 12.2.